The van der Waals surface area contributed by atoms with Crippen molar-refractivity contribution in [2.24, 2.45) is 5.10 Å². The Balaban J connectivity index is 1.80. The number of nitrogens with zero attached hydrogens (tertiary/aromatic N) is 6. The molecule has 9 nitrogen and oxygen atoms in total. The molecule has 0 amide bonds. The first-order valence-electron chi connectivity index (χ1n) is 8.06. The van der Waals surface area contributed by atoms with Gasteiger partial charge in [-0.2, -0.15) is 20.1 Å². The fourth-order valence-corrected chi connectivity index (χ4v) is 2.81. The standard InChI is InChI=1S/C16H20IN7O2/c1-23(2)15-19-14(20-16(21-15)24-5-7-26-8-6-24)22-18-10-11-9-12(17)3-4-13(11)25/h3-4,9-10,25H,5-8H2,1-2H3,(H,19,20,21,22). The highest BCUT2D eigenvalue weighted by Gasteiger charge is 2.17. The number of benzene rings is 1. The van der Waals surface area contributed by atoms with Crippen molar-refractivity contribution in [2.75, 3.05) is 55.6 Å². The maximum absolute atomic E-state index is 9.87. The van der Waals surface area contributed by atoms with E-state index in [0.29, 0.717) is 36.6 Å². The van der Waals surface area contributed by atoms with Crippen LogP contribution in [0.25, 0.3) is 0 Å². The number of halogens is 1. The highest BCUT2D eigenvalue weighted by atomic mass is 127. The van der Waals surface area contributed by atoms with Gasteiger partial charge in [0.1, 0.15) is 5.75 Å². The number of rotatable bonds is 5. The molecular formula is C16H20IN7O2. The van der Waals surface area contributed by atoms with Crippen molar-refractivity contribution in [2.45, 2.75) is 0 Å². The summed E-state index contributed by atoms with van der Waals surface area (Å²) in [4.78, 5) is 17.2. The van der Waals surface area contributed by atoms with Gasteiger partial charge in [-0.3, -0.25) is 0 Å². The fourth-order valence-electron chi connectivity index (χ4n) is 2.30. The average Bonchev–Trinajstić information content (AvgIpc) is 2.65. The van der Waals surface area contributed by atoms with E-state index in [9.17, 15) is 5.11 Å². The second-order valence-electron chi connectivity index (χ2n) is 5.83. The molecule has 26 heavy (non-hydrogen) atoms. The Hall–Kier alpha value is -2.21. The molecule has 1 aromatic carbocycles. The Labute approximate surface area is 165 Å². The number of phenols is 1. The number of anilines is 3. The van der Waals surface area contributed by atoms with Crippen LogP contribution in [0.4, 0.5) is 17.8 Å². The van der Waals surface area contributed by atoms with Crippen molar-refractivity contribution in [3.05, 3.63) is 27.3 Å². The van der Waals surface area contributed by atoms with E-state index >= 15 is 0 Å². The zero-order valence-electron chi connectivity index (χ0n) is 14.6. The Morgan fingerprint density at radius 2 is 2.04 bits per heavy atom. The van der Waals surface area contributed by atoms with Crippen molar-refractivity contribution < 1.29 is 9.84 Å². The normalized spacial score (nSPS) is 14.7. The lowest BCUT2D eigenvalue weighted by molar-refractivity contribution is 0.122. The maximum atomic E-state index is 9.87. The van der Waals surface area contributed by atoms with Gasteiger partial charge in [0.2, 0.25) is 17.8 Å². The summed E-state index contributed by atoms with van der Waals surface area (Å²) in [5.74, 6) is 1.62. The molecule has 1 aliphatic rings. The fraction of sp³-hybridized carbons (Fsp3) is 0.375. The predicted octanol–water partition coefficient (Wildman–Crippen LogP) is 1.53. The van der Waals surface area contributed by atoms with E-state index in [-0.39, 0.29) is 5.75 Å². The summed E-state index contributed by atoms with van der Waals surface area (Å²) in [6.07, 6.45) is 1.53. The lowest BCUT2D eigenvalue weighted by Crippen LogP contribution is -2.37. The number of hydrogen-bond acceptors (Lipinski definition) is 9. The number of phenolic OH excluding ortho intramolecular Hbond substituents is 1. The number of nitrogens with one attached hydrogen (secondary N) is 1. The van der Waals surface area contributed by atoms with E-state index in [1.807, 2.05) is 31.1 Å². The smallest absolute Gasteiger partial charge is 0.250 e. The average molecular weight is 469 g/mol. The van der Waals surface area contributed by atoms with Crippen molar-refractivity contribution in [1.29, 1.82) is 0 Å². The van der Waals surface area contributed by atoms with E-state index in [4.69, 9.17) is 4.74 Å². The summed E-state index contributed by atoms with van der Waals surface area (Å²) >= 11 is 2.18. The summed E-state index contributed by atoms with van der Waals surface area (Å²) in [7, 11) is 3.74. The number of hydrazone groups is 1. The molecule has 10 heteroatoms. The summed E-state index contributed by atoms with van der Waals surface area (Å²) in [5, 5.41) is 14.0. The molecule has 1 aromatic heterocycles. The maximum Gasteiger partial charge on any atom is 0.250 e. The van der Waals surface area contributed by atoms with Crippen molar-refractivity contribution in [1.82, 2.24) is 15.0 Å². The first kappa shape index (κ1) is 18.6. The summed E-state index contributed by atoms with van der Waals surface area (Å²) in [6.45, 7) is 2.76. The third-order valence-corrected chi connectivity index (χ3v) is 4.33. The lowest BCUT2D eigenvalue weighted by atomic mass is 10.2. The van der Waals surface area contributed by atoms with Crippen LogP contribution in [0.5, 0.6) is 5.75 Å². The van der Waals surface area contributed by atoms with Crippen LogP contribution >= 0.6 is 22.6 Å². The van der Waals surface area contributed by atoms with Crippen molar-refractivity contribution in [3.63, 3.8) is 0 Å². The second kappa shape index (κ2) is 8.45. The topological polar surface area (TPSA) is 99.0 Å². The predicted molar refractivity (Wildman–Crippen MR) is 109 cm³/mol. The van der Waals surface area contributed by atoms with Crippen molar-refractivity contribution >= 4 is 46.7 Å². The highest BCUT2D eigenvalue weighted by molar-refractivity contribution is 14.1. The van der Waals surface area contributed by atoms with Gasteiger partial charge >= 0.3 is 0 Å². The van der Waals surface area contributed by atoms with Gasteiger partial charge in [-0.25, -0.2) is 5.43 Å². The molecule has 1 saturated heterocycles. The molecule has 0 bridgehead atoms. The van der Waals surface area contributed by atoms with E-state index in [1.165, 1.54) is 6.21 Å². The van der Waals surface area contributed by atoms with Crippen LogP contribution in [0.15, 0.2) is 23.3 Å². The van der Waals surface area contributed by atoms with Crippen LogP contribution in [0.2, 0.25) is 0 Å². The molecule has 1 fully saturated rings. The Bertz CT molecular complexity index is 794. The lowest BCUT2D eigenvalue weighted by Gasteiger charge is -2.27. The second-order valence-corrected chi connectivity index (χ2v) is 7.07. The van der Waals surface area contributed by atoms with Crippen molar-refractivity contribution in [3.8, 4) is 5.75 Å². The van der Waals surface area contributed by atoms with Crippen LogP contribution in [0, 0.1) is 3.57 Å². The van der Waals surface area contributed by atoms with Gasteiger partial charge < -0.3 is 19.6 Å². The van der Waals surface area contributed by atoms with Crippen LogP contribution in [0.1, 0.15) is 5.56 Å². The molecule has 0 atom stereocenters. The molecule has 0 radical (unpaired) electrons. The van der Waals surface area contributed by atoms with Gasteiger partial charge in [0.05, 0.1) is 19.4 Å². The molecule has 1 aliphatic heterocycles. The first-order chi connectivity index (χ1) is 12.5. The number of hydrogen-bond donors (Lipinski definition) is 2. The molecule has 2 N–H and O–H groups in total. The minimum absolute atomic E-state index is 0.162. The van der Waals surface area contributed by atoms with Crippen LogP contribution < -0.4 is 15.2 Å². The minimum Gasteiger partial charge on any atom is -0.507 e. The molecule has 0 saturated carbocycles. The quantitative estimate of drug-likeness (QED) is 0.387. The van der Waals surface area contributed by atoms with Crippen LogP contribution in [-0.4, -0.2) is 66.7 Å². The van der Waals surface area contributed by atoms with Gasteiger partial charge in [-0.1, -0.05) is 0 Å². The summed E-state index contributed by atoms with van der Waals surface area (Å²) < 4.78 is 6.38. The Kier molecular flexibility index (Phi) is 6.04. The Morgan fingerprint density at radius 3 is 2.77 bits per heavy atom. The molecule has 0 aliphatic carbocycles. The largest absolute Gasteiger partial charge is 0.507 e. The highest BCUT2D eigenvalue weighted by Crippen LogP contribution is 2.19. The monoisotopic (exact) mass is 469 g/mol. The number of aromatic nitrogens is 3. The number of morpholine rings is 1. The molecule has 138 valence electrons. The summed E-state index contributed by atoms with van der Waals surface area (Å²) in [5.41, 5.74) is 3.43. The van der Waals surface area contributed by atoms with E-state index in [0.717, 1.165) is 16.7 Å². The molecule has 3 rings (SSSR count). The van der Waals surface area contributed by atoms with E-state index < -0.39 is 0 Å². The summed E-state index contributed by atoms with van der Waals surface area (Å²) in [6, 6.07) is 5.29. The van der Waals surface area contributed by atoms with E-state index in [2.05, 4.69) is 53.0 Å². The molecule has 2 heterocycles. The molecule has 0 unspecified atom stereocenters. The zero-order valence-corrected chi connectivity index (χ0v) is 16.7. The van der Waals surface area contributed by atoms with Gasteiger partial charge in [0, 0.05) is 36.3 Å². The van der Waals surface area contributed by atoms with Crippen LogP contribution in [-0.2, 0) is 4.74 Å². The minimum atomic E-state index is 0.162. The Morgan fingerprint density at radius 1 is 1.27 bits per heavy atom. The van der Waals surface area contributed by atoms with Crippen LogP contribution in [0.3, 0.4) is 0 Å². The molecule has 2 aromatic rings. The van der Waals surface area contributed by atoms with Gasteiger partial charge in [-0.15, -0.1) is 0 Å². The van der Waals surface area contributed by atoms with Gasteiger partial charge in [0.25, 0.3) is 0 Å². The molecule has 0 spiro atoms. The SMILES string of the molecule is CN(C)c1nc(NN=Cc2cc(I)ccc2O)nc(N2CCOCC2)n1. The first-order valence-corrected chi connectivity index (χ1v) is 9.14. The van der Waals surface area contributed by atoms with Gasteiger partial charge in [0.15, 0.2) is 0 Å². The third-order valence-electron chi connectivity index (χ3n) is 3.66. The molecular weight excluding hydrogens is 449 g/mol. The van der Waals surface area contributed by atoms with E-state index in [1.54, 1.807) is 6.07 Å². The number of aromatic hydroxyl groups is 1. The van der Waals surface area contributed by atoms with Gasteiger partial charge in [-0.05, 0) is 40.8 Å². The zero-order chi connectivity index (χ0) is 18.5. The number of ether oxygens (including phenoxy) is 1. The third kappa shape index (κ3) is 4.69.